The fourth-order valence-corrected chi connectivity index (χ4v) is 22.7. The molecule has 0 saturated carbocycles. The van der Waals surface area contributed by atoms with Crippen LogP contribution in [0, 0.1) is 23.7 Å². The zero-order chi connectivity index (χ0) is 21.8. The Balaban J connectivity index is 3.40. The van der Waals surface area contributed by atoms with E-state index in [-0.39, 0.29) is 0 Å². The van der Waals surface area contributed by atoms with E-state index >= 15 is 0 Å². The van der Waals surface area contributed by atoms with Crippen molar-refractivity contribution in [1.29, 1.82) is 0 Å². The standard InChI is InChI=1S/C20H48N4Si4/c1-17(2)13-25-21(9)26(14-18(3)4)23(11)28(16-20(7)8)24(12)27(22(25)10)15-19(5)6/h17-20H,13-16H2,1-12H3. The van der Waals surface area contributed by atoms with Crippen LogP contribution in [0.3, 0.4) is 0 Å². The molecule has 1 aliphatic heterocycles. The minimum atomic E-state index is -0.675. The first-order valence-electron chi connectivity index (χ1n) is 11.2. The Morgan fingerprint density at radius 2 is 0.536 bits per heavy atom. The van der Waals surface area contributed by atoms with Gasteiger partial charge >= 0.3 is 0 Å². The van der Waals surface area contributed by atoms with Gasteiger partial charge in [0.25, 0.3) is 0 Å². The molecule has 0 aliphatic carbocycles. The van der Waals surface area contributed by atoms with Crippen molar-refractivity contribution in [1.82, 2.24) is 16.9 Å². The predicted octanol–water partition coefficient (Wildman–Crippen LogP) is 4.30. The van der Waals surface area contributed by atoms with Gasteiger partial charge in [0, 0.05) is 0 Å². The number of hydrogen-bond donors (Lipinski definition) is 0. The van der Waals surface area contributed by atoms with Crippen LogP contribution in [0.15, 0.2) is 0 Å². The van der Waals surface area contributed by atoms with E-state index in [1.54, 1.807) is 0 Å². The molecule has 28 heavy (non-hydrogen) atoms. The lowest BCUT2D eigenvalue weighted by atomic mass is 10.3. The summed E-state index contributed by atoms with van der Waals surface area (Å²) in [6.07, 6.45) is 0. The predicted molar refractivity (Wildman–Crippen MR) is 133 cm³/mol. The van der Waals surface area contributed by atoms with Crippen LogP contribution in [0.2, 0.25) is 24.2 Å². The molecule has 4 nitrogen and oxygen atoms in total. The maximum Gasteiger partial charge on any atom is 0.216 e. The van der Waals surface area contributed by atoms with Crippen molar-refractivity contribution in [2.75, 3.05) is 28.2 Å². The van der Waals surface area contributed by atoms with Gasteiger partial charge in [-0.25, -0.2) is 0 Å². The summed E-state index contributed by atoms with van der Waals surface area (Å²) in [6, 6.07) is 5.52. The van der Waals surface area contributed by atoms with Gasteiger partial charge in [-0.3, -0.25) is 0 Å². The fraction of sp³-hybridized carbons (Fsp3) is 1.00. The first-order valence-corrected chi connectivity index (χ1v) is 17.6. The van der Waals surface area contributed by atoms with E-state index in [0.29, 0.717) is 0 Å². The molecule has 0 aromatic carbocycles. The summed E-state index contributed by atoms with van der Waals surface area (Å²) in [5, 5.41) is 0. The molecule has 0 amide bonds. The number of hydrogen-bond acceptors (Lipinski definition) is 4. The first-order chi connectivity index (χ1) is 12.9. The van der Waals surface area contributed by atoms with E-state index in [1.165, 1.54) is 24.2 Å². The molecule has 0 bridgehead atoms. The van der Waals surface area contributed by atoms with Gasteiger partial charge < -0.3 is 16.9 Å². The van der Waals surface area contributed by atoms with Gasteiger partial charge in [-0.1, -0.05) is 55.4 Å². The van der Waals surface area contributed by atoms with Crippen LogP contribution in [0.5, 0.6) is 0 Å². The van der Waals surface area contributed by atoms with Crippen LogP contribution < -0.4 is 0 Å². The van der Waals surface area contributed by atoms with Crippen molar-refractivity contribution in [3.05, 3.63) is 0 Å². The highest BCUT2D eigenvalue weighted by molar-refractivity contribution is 6.86. The Labute approximate surface area is 184 Å². The molecule has 1 fully saturated rings. The molecule has 0 aromatic heterocycles. The third-order valence-corrected chi connectivity index (χ3v) is 22.6. The third-order valence-electron chi connectivity index (χ3n) is 5.46. The van der Waals surface area contributed by atoms with Crippen LogP contribution in [0.25, 0.3) is 0 Å². The van der Waals surface area contributed by atoms with E-state index in [2.05, 4.69) is 101 Å². The largest absolute Gasteiger partial charge is 0.325 e. The van der Waals surface area contributed by atoms with Crippen LogP contribution in [-0.2, 0) is 0 Å². The third kappa shape index (κ3) is 7.44. The van der Waals surface area contributed by atoms with Gasteiger partial charge in [-0.2, -0.15) is 0 Å². The molecule has 1 saturated heterocycles. The summed E-state index contributed by atoms with van der Waals surface area (Å²) in [6.45, 7) is 19.4. The van der Waals surface area contributed by atoms with Crippen LogP contribution in [0.1, 0.15) is 55.4 Å². The van der Waals surface area contributed by atoms with Gasteiger partial charge in [0.15, 0.2) is 0 Å². The minimum absolute atomic E-state index is 0.675. The average Bonchev–Trinajstić information content (AvgIpc) is 2.56. The van der Waals surface area contributed by atoms with Gasteiger partial charge in [0.2, 0.25) is 36.5 Å². The second-order valence-corrected chi connectivity index (χ2v) is 22.4. The molecule has 0 atom stereocenters. The summed E-state index contributed by atoms with van der Waals surface area (Å²) in [5.74, 6) is 3.11. The van der Waals surface area contributed by atoms with Gasteiger partial charge in [-0.05, 0) is 76.0 Å². The topological polar surface area (TPSA) is 13.0 Å². The van der Waals surface area contributed by atoms with Gasteiger partial charge in [0.05, 0.1) is 0 Å². The van der Waals surface area contributed by atoms with E-state index in [0.717, 1.165) is 23.7 Å². The molecule has 1 heterocycles. The Kier molecular flexibility index (Phi) is 11.4. The number of rotatable bonds is 8. The molecule has 1 aliphatic rings. The van der Waals surface area contributed by atoms with E-state index in [9.17, 15) is 0 Å². The van der Waals surface area contributed by atoms with Crippen molar-refractivity contribution < 1.29 is 0 Å². The smallest absolute Gasteiger partial charge is 0.216 e. The fourth-order valence-electron chi connectivity index (χ4n) is 4.05. The van der Waals surface area contributed by atoms with Crippen molar-refractivity contribution in [2.45, 2.75) is 79.6 Å². The Bertz CT molecular complexity index is 354. The minimum Gasteiger partial charge on any atom is -0.325 e. The highest BCUT2D eigenvalue weighted by atomic mass is 28.4. The highest BCUT2D eigenvalue weighted by Crippen LogP contribution is 2.27. The Morgan fingerprint density at radius 1 is 0.393 bits per heavy atom. The Hall–Kier alpha value is 0.708. The zero-order valence-corrected chi connectivity index (χ0v) is 24.9. The van der Waals surface area contributed by atoms with E-state index in [1.807, 2.05) is 0 Å². The summed E-state index contributed by atoms with van der Waals surface area (Å²) < 4.78 is 11.8. The normalized spacial score (nSPS) is 22.3. The number of nitrogens with zero attached hydrogens (tertiary/aromatic N) is 4. The molecule has 0 aromatic rings. The summed E-state index contributed by atoms with van der Waals surface area (Å²) in [7, 11) is 7.28. The molecule has 0 N–H and O–H groups in total. The second-order valence-electron chi connectivity index (χ2n) is 10.3. The van der Waals surface area contributed by atoms with E-state index < -0.39 is 36.5 Å². The maximum atomic E-state index is 2.94. The molecule has 164 valence electrons. The summed E-state index contributed by atoms with van der Waals surface area (Å²) >= 11 is 0. The van der Waals surface area contributed by atoms with Crippen molar-refractivity contribution in [3.63, 3.8) is 0 Å². The lowest BCUT2D eigenvalue weighted by Crippen LogP contribution is -2.75. The van der Waals surface area contributed by atoms with E-state index in [4.69, 9.17) is 0 Å². The quantitative estimate of drug-likeness (QED) is 0.505. The van der Waals surface area contributed by atoms with Crippen LogP contribution in [-0.4, -0.2) is 81.6 Å². The van der Waals surface area contributed by atoms with Gasteiger partial charge in [0.1, 0.15) is 0 Å². The van der Waals surface area contributed by atoms with Crippen molar-refractivity contribution in [3.8, 4) is 0 Å². The van der Waals surface area contributed by atoms with Crippen LogP contribution in [0.4, 0.5) is 0 Å². The lowest BCUT2D eigenvalue weighted by Gasteiger charge is -2.53. The second kappa shape index (κ2) is 11.9. The molecule has 1 rings (SSSR count). The van der Waals surface area contributed by atoms with Crippen molar-refractivity contribution >= 4 is 36.5 Å². The van der Waals surface area contributed by atoms with Gasteiger partial charge in [-0.15, -0.1) is 0 Å². The maximum absolute atomic E-state index is 2.94. The summed E-state index contributed by atoms with van der Waals surface area (Å²) in [4.78, 5) is 0. The molecule has 0 unspecified atom stereocenters. The monoisotopic (exact) mass is 456 g/mol. The lowest BCUT2D eigenvalue weighted by molar-refractivity contribution is 0.490. The molecule has 4 radical (unpaired) electrons. The highest BCUT2D eigenvalue weighted by Gasteiger charge is 2.46. The van der Waals surface area contributed by atoms with Crippen LogP contribution >= 0.6 is 0 Å². The Morgan fingerprint density at radius 3 is 0.643 bits per heavy atom. The first kappa shape index (κ1) is 26.7. The molecular weight excluding hydrogens is 409 g/mol. The molecule has 8 heteroatoms. The average molecular weight is 457 g/mol. The SMILES string of the molecule is CC(C)C[Si]1N(C)[Si](CC(C)C)N(C)[Si](CC(C)C)N(C)[Si](CC(C)C)N1C. The molecular formula is C20H48N4Si4. The summed E-state index contributed by atoms with van der Waals surface area (Å²) in [5.41, 5.74) is 0. The zero-order valence-electron chi connectivity index (χ0n) is 20.9. The molecule has 0 spiro atoms. The van der Waals surface area contributed by atoms with Crippen molar-refractivity contribution in [2.24, 2.45) is 23.7 Å².